The van der Waals surface area contributed by atoms with Gasteiger partial charge < -0.3 is 0 Å². The smallest absolute Gasteiger partial charge is 0.0423 e. The van der Waals surface area contributed by atoms with Crippen LogP contribution in [0.1, 0.15) is 0 Å². The van der Waals surface area contributed by atoms with Crippen molar-refractivity contribution in [1.29, 1.82) is 0 Å². The van der Waals surface area contributed by atoms with E-state index in [1.54, 1.807) is 0 Å². The van der Waals surface area contributed by atoms with Crippen LogP contribution in [0.4, 0.5) is 0 Å². The second-order valence-corrected chi connectivity index (χ2v) is 9.79. The van der Waals surface area contributed by atoms with Gasteiger partial charge in [-0.15, -0.1) is 0 Å². The molecular weight excluding hydrogens is 435 g/mol. The third kappa shape index (κ3) is 4.33. The molecule has 0 aliphatic rings. The van der Waals surface area contributed by atoms with Crippen molar-refractivity contribution in [2.45, 2.75) is 0 Å². The van der Waals surface area contributed by atoms with Crippen molar-refractivity contribution < 1.29 is 0 Å². The van der Waals surface area contributed by atoms with Crippen molar-refractivity contribution in [3.8, 4) is 11.1 Å². The van der Waals surface area contributed by atoms with Gasteiger partial charge in [0, 0.05) is 9.50 Å². The standard InChI is InChI=1S/C24H17BrClP/c25-20-14-19(15-21(26)17-20)18-8-7-13-24(16-18)27(22-9-3-1-4-10-22)23-11-5-2-6-12-23/h1-17H. The molecule has 0 N–H and O–H groups in total. The van der Waals surface area contributed by atoms with Crippen molar-refractivity contribution in [1.82, 2.24) is 0 Å². The van der Waals surface area contributed by atoms with E-state index in [0.29, 0.717) is 0 Å². The van der Waals surface area contributed by atoms with Crippen LogP contribution in [-0.2, 0) is 0 Å². The fraction of sp³-hybridized carbons (Fsp3) is 0. The molecule has 0 unspecified atom stereocenters. The molecule has 0 spiro atoms. The van der Waals surface area contributed by atoms with E-state index < -0.39 is 7.92 Å². The fourth-order valence-corrected chi connectivity index (χ4v) is 6.34. The average Bonchev–Trinajstić information content (AvgIpc) is 2.69. The Bertz CT molecular complexity index is 988. The van der Waals surface area contributed by atoms with Crippen molar-refractivity contribution in [2.75, 3.05) is 0 Å². The SMILES string of the molecule is Clc1cc(Br)cc(-c2cccc(P(c3ccccc3)c3ccccc3)c2)c1. The van der Waals surface area contributed by atoms with E-state index in [4.69, 9.17) is 11.6 Å². The Morgan fingerprint density at radius 1 is 0.556 bits per heavy atom. The molecule has 3 heteroatoms. The maximum absolute atomic E-state index is 6.27. The van der Waals surface area contributed by atoms with E-state index in [1.165, 1.54) is 21.5 Å². The molecule has 0 fully saturated rings. The summed E-state index contributed by atoms with van der Waals surface area (Å²) in [6.07, 6.45) is 0. The van der Waals surface area contributed by atoms with Crippen LogP contribution >= 0.6 is 35.5 Å². The molecule has 4 rings (SSSR count). The predicted octanol–water partition coefficient (Wildman–Crippen LogP) is 6.53. The van der Waals surface area contributed by atoms with Gasteiger partial charge in [0.05, 0.1) is 0 Å². The van der Waals surface area contributed by atoms with Gasteiger partial charge in [0.15, 0.2) is 0 Å². The molecule has 0 radical (unpaired) electrons. The molecule has 0 bridgehead atoms. The zero-order valence-corrected chi connectivity index (χ0v) is 17.8. The van der Waals surface area contributed by atoms with Gasteiger partial charge >= 0.3 is 0 Å². The minimum atomic E-state index is -0.613. The lowest BCUT2D eigenvalue weighted by molar-refractivity contribution is 1.60. The molecule has 132 valence electrons. The number of hydrogen-bond acceptors (Lipinski definition) is 0. The van der Waals surface area contributed by atoms with Crippen molar-refractivity contribution in [3.05, 3.63) is 113 Å². The van der Waals surface area contributed by atoms with Crippen molar-refractivity contribution in [2.24, 2.45) is 0 Å². The summed E-state index contributed by atoms with van der Waals surface area (Å²) in [5.41, 5.74) is 2.29. The monoisotopic (exact) mass is 450 g/mol. The van der Waals surface area contributed by atoms with Gasteiger partial charge in [-0.1, -0.05) is 106 Å². The van der Waals surface area contributed by atoms with E-state index in [-0.39, 0.29) is 0 Å². The minimum Gasteiger partial charge on any atom is -0.0843 e. The summed E-state index contributed by atoms with van der Waals surface area (Å²) in [5.74, 6) is 0. The molecule has 0 amide bonds. The highest BCUT2D eigenvalue weighted by molar-refractivity contribution is 9.10. The van der Waals surface area contributed by atoms with Crippen LogP contribution in [0.3, 0.4) is 0 Å². The lowest BCUT2D eigenvalue weighted by Crippen LogP contribution is -2.20. The van der Waals surface area contributed by atoms with E-state index in [2.05, 4.69) is 107 Å². The largest absolute Gasteiger partial charge is 0.0843 e. The first-order valence-corrected chi connectivity index (χ1v) is 11.2. The fourth-order valence-electron chi connectivity index (χ4n) is 3.15. The summed E-state index contributed by atoms with van der Waals surface area (Å²) < 4.78 is 0.990. The molecule has 4 aromatic rings. The summed E-state index contributed by atoms with van der Waals surface area (Å²) in [7, 11) is -0.613. The summed E-state index contributed by atoms with van der Waals surface area (Å²) in [5, 5.41) is 4.76. The molecule has 0 aliphatic carbocycles. The first kappa shape index (κ1) is 18.4. The van der Waals surface area contributed by atoms with Crippen LogP contribution in [0.15, 0.2) is 108 Å². The Hall–Kier alpha value is -1.92. The normalized spacial score (nSPS) is 10.9. The number of benzene rings is 4. The Balaban J connectivity index is 1.84. The Kier molecular flexibility index (Phi) is 5.74. The maximum atomic E-state index is 6.27. The molecule has 0 heterocycles. The van der Waals surface area contributed by atoms with Gasteiger partial charge in [-0.25, -0.2) is 0 Å². The van der Waals surface area contributed by atoms with Crippen LogP contribution in [-0.4, -0.2) is 0 Å². The van der Waals surface area contributed by atoms with E-state index >= 15 is 0 Å². The molecule has 0 saturated heterocycles. The van der Waals surface area contributed by atoms with Gasteiger partial charge in [-0.05, 0) is 59.2 Å². The molecule has 0 atom stereocenters. The first-order valence-electron chi connectivity index (χ1n) is 8.67. The van der Waals surface area contributed by atoms with Crippen LogP contribution in [0.5, 0.6) is 0 Å². The van der Waals surface area contributed by atoms with Gasteiger partial charge in [0.1, 0.15) is 0 Å². The molecule has 4 aromatic carbocycles. The van der Waals surface area contributed by atoms with E-state index in [0.717, 1.165) is 15.1 Å². The van der Waals surface area contributed by atoms with Gasteiger partial charge in [0.25, 0.3) is 0 Å². The zero-order chi connectivity index (χ0) is 18.6. The van der Waals surface area contributed by atoms with E-state index in [9.17, 15) is 0 Å². The Morgan fingerprint density at radius 2 is 1.15 bits per heavy atom. The third-order valence-corrected chi connectivity index (χ3v) is 7.43. The molecule has 27 heavy (non-hydrogen) atoms. The van der Waals surface area contributed by atoms with Crippen LogP contribution in [0.25, 0.3) is 11.1 Å². The molecule has 0 aliphatic heterocycles. The zero-order valence-electron chi connectivity index (χ0n) is 14.5. The number of rotatable bonds is 4. The van der Waals surface area contributed by atoms with E-state index in [1.807, 2.05) is 12.1 Å². The first-order chi connectivity index (χ1) is 13.2. The quantitative estimate of drug-likeness (QED) is 0.310. The highest BCUT2D eigenvalue weighted by atomic mass is 79.9. The Labute approximate surface area is 174 Å². The molecule has 0 nitrogen and oxygen atoms in total. The van der Waals surface area contributed by atoms with Crippen molar-refractivity contribution in [3.63, 3.8) is 0 Å². The Morgan fingerprint density at radius 3 is 1.74 bits per heavy atom. The second kappa shape index (κ2) is 8.40. The van der Waals surface area contributed by atoms with Crippen LogP contribution in [0.2, 0.25) is 5.02 Å². The highest BCUT2D eigenvalue weighted by Crippen LogP contribution is 2.35. The van der Waals surface area contributed by atoms with Gasteiger partial charge in [-0.2, -0.15) is 0 Å². The summed E-state index contributed by atoms with van der Waals surface area (Å²) >= 11 is 9.82. The van der Waals surface area contributed by atoms with Crippen LogP contribution in [0, 0.1) is 0 Å². The minimum absolute atomic E-state index is 0.613. The lowest BCUT2D eigenvalue weighted by Gasteiger charge is -2.20. The predicted molar refractivity (Wildman–Crippen MR) is 123 cm³/mol. The van der Waals surface area contributed by atoms with Crippen molar-refractivity contribution >= 4 is 51.4 Å². The topological polar surface area (TPSA) is 0 Å². The number of halogens is 2. The molecule has 0 aromatic heterocycles. The molecular formula is C24H17BrClP. The summed E-state index contributed by atoms with van der Waals surface area (Å²) in [6, 6.07) is 36.3. The lowest BCUT2D eigenvalue weighted by atomic mass is 10.1. The molecule has 0 saturated carbocycles. The summed E-state index contributed by atoms with van der Waals surface area (Å²) in [4.78, 5) is 0. The number of hydrogen-bond donors (Lipinski definition) is 0. The third-order valence-electron chi connectivity index (χ3n) is 4.33. The van der Waals surface area contributed by atoms with Gasteiger partial charge in [0.2, 0.25) is 0 Å². The van der Waals surface area contributed by atoms with Crippen LogP contribution < -0.4 is 15.9 Å². The second-order valence-electron chi connectivity index (χ2n) is 6.21. The summed E-state index contributed by atoms with van der Waals surface area (Å²) in [6.45, 7) is 0. The average molecular weight is 452 g/mol. The highest BCUT2D eigenvalue weighted by Gasteiger charge is 2.16. The van der Waals surface area contributed by atoms with Gasteiger partial charge in [-0.3, -0.25) is 0 Å². The maximum Gasteiger partial charge on any atom is 0.0423 e.